The fourth-order valence-electron chi connectivity index (χ4n) is 4.28. The summed E-state index contributed by atoms with van der Waals surface area (Å²) in [5.41, 5.74) is 0.327. The third-order valence-electron chi connectivity index (χ3n) is 6.11. The lowest BCUT2D eigenvalue weighted by atomic mass is 9.85. The van der Waals surface area contributed by atoms with E-state index in [0.717, 1.165) is 23.8 Å². The molecule has 2 aromatic carbocycles. The molecule has 10 heteroatoms. The summed E-state index contributed by atoms with van der Waals surface area (Å²) in [5.74, 6) is -1.12. The van der Waals surface area contributed by atoms with Gasteiger partial charge < -0.3 is 9.64 Å². The van der Waals surface area contributed by atoms with Gasteiger partial charge in [0.1, 0.15) is 11.9 Å². The van der Waals surface area contributed by atoms with E-state index in [1.54, 1.807) is 24.0 Å². The van der Waals surface area contributed by atoms with Gasteiger partial charge in [-0.2, -0.15) is 17.6 Å². The lowest BCUT2D eigenvalue weighted by molar-refractivity contribution is -0.137. The molecule has 35 heavy (non-hydrogen) atoms. The largest absolute Gasteiger partial charge is 0.490 e. The Morgan fingerprint density at radius 1 is 1.06 bits per heavy atom. The topological polar surface area (TPSA) is 42.4 Å². The molecular formula is C25H20Cl2F4N2O2. The van der Waals surface area contributed by atoms with E-state index in [1.165, 1.54) is 24.4 Å². The minimum absolute atomic E-state index is 0.188. The molecule has 0 N–H and O–H groups in total. The van der Waals surface area contributed by atoms with E-state index in [4.69, 9.17) is 27.9 Å². The summed E-state index contributed by atoms with van der Waals surface area (Å²) in [6, 6.07) is 12.2. The molecule has 1 amide bonds. The number of carbonyl (C=O) groups is 1. The zero-order valence-corrected chi connectivity index (χ0v) is 19.9. The Morgan fingerprint density at radius 3 is 2.37 bits per heavy atom. The lowest BCUT2D eigenvalue weighted by Crippen LogP contribution is -2.32. The Balaban J connectivity index is 1.58. The Morgan fingerprint density at radius 2 is 1.77 bits per heavy atom. The molecule has 2 heterocycles. The summed E-state index contributed by atoms with van der Waals surface area (Å²) >= 11 is 12.3. The van der Waals surface area contributed by atoms with Crippen molar-refractivity contribution >= 4 is 29.1 Å². The summed E-state index contributed by atoms with van der Waals surface area (Å²) in [5, 5.41) is 0.760. The van der Waals surface area contributed by atoms with Gasteiger partial charge in [0.15, 0.2) is 0 Å². The summed E-state index contributed by atoms with van der Waals surface area (Å²) in [4.78, 5) is 18.3. The maximum Gasteiger partial charge on any atom is 0.416 e. The van der Waals surface area contributed by atoms with Crippen LogP contribution in [0.15, 0.2) is 60.8 Å². The Kier molecular flexibility index (Phi) is 7.24. The van der Waals surface area contributed by atoms with Crippen LogP contribution >= 0.6 is 23.2 Å². The number of pyridine rings is 1. The molecule has 0 spiro atoms. The number of aromatic nitrogens is 1. The number of rotatable bonds is 5. The number of carbonyl (C=O) groups excluding carboxylic acids is 1. The van der Waals surface area contributed by atoms with Crippen molar-refractivity contribution in [3.8, 4) is 5.75 Å². The normalized spacial score (nSPS) is 19.0. The molecule has 1 aliphatic heterocycles. The molecule has 4 nitrogen and oxygen atoms in total. The maximum absolute atomic E-state index is 13.2. The molecule has 0 radical (unpaired) electrons. The fraction of sp³-hybridized carbons (Fsp3) is 0.280. The first-order valence-electron chi connectivity index (χ1n) is 10.7. The highest BCUT2D eigenvalue weighted by atomic mass is 35.5. The molecule has 0 aliphatic carbocycles. The number of hydrogen-bond acceptors (Lipinski definition) is 3. The minimum Gasteiger partial charge on any atom is -0.490 e. The molecular weight excluding hydrogens is 507 g/mol. The first kappa shape index (κ1) is 25.3. The predicted octanol–water partition coefficient (Wildman–Crippen LogP) is 6.87. The van der Waals surface area contributed by atoms with Crippen molar-refractivity contribution in [1.82, 2.24) is 9.88 Å². The van der Waals surface area contributed by atoms with Crippen molar-refractivity contribution in [3.05, 3.63) is 93.5 Å². The van der Waals surface area contributed by atoms with Crippen molar-refractivity contribution in [1.29, 1.82) is 0 Å². The van der Waals surface area contributed by atoms with Crippen molar-refractivity contribution in [2.45, 2.75) is 25.1 Å². The van der Waals surface area contributed by atoms with Crippen LogP contribution in [0.1, 0.15) is 34.3 Å². The Hall–Kier alpha value is -2.84. The number of ether oxygens (including phenoxy) is 1. The number of halogens is 6. The van der Waals surface area contributed by atoms with E-state index in [0.29, 0.717) is 23.1 Å². The van der Waals surface area contributed by atoms with E-state index in [9.17, 15) is 22.4 Å². The van der Waals surface area contributed by atoms with Crippen LogP contribution in [0.3, 0.4) is 0 Å². The Bertz CT molecular complexity index is 1200. The minimum atomic E-state index is -4.44. The van der Waals surface area contributed by atoms with Crippen LogP contribution in [0.25, 0.3) is 0 Å². The van der Waals surface area contributed by atoms with Crippen LogP contribution in [-0.4, -0.2) is 35.0 Å². The first-order chi connectivity index (χ1) is 16.5. The van der Waals surface area contributed by atoms with Crippen LogP contribution in [-0.2, 0) is 6.18 Å². The van der Waals surface area contributed by atoms with Crippen molar-refractivity contribution in [3.63, 3.8) is 0 Å². The van der Waals surface area contributed by atoms with Gasteiger partial charge in [0, 0.05) is 31.1 Å². The maximum atomic E-state index is 13.2. The monoisotopic (exact) mass is 526 g/mol. The van der Waals surface area contributed by atoms with Gasteiger partial charge in [0.2, 0.25) is 5.95 Å². The highest BCUT2D eigenvalue weighted by Gasteiger charge is 2.40. The highest BCUT2D eigenvalue weighted by Crippen LogP contribution is 2.39. The number of benzene rings is 2. The number of nitrogens with zero attached hydrogens (tertiary/aromatic N) is 2. The molecule has 3 atom stereocenters. The first-order valence-corrected chi connectivity index (χ1v) is 11.5. The molecule has 1 aromatic heterocycles. The average Bonchev–Trinajstić information content (AvgIpc) is 3.26. The van der Waals surface area contributed by atoms with E-state index in [-0.39, 0.29) is 29.1 Å². The van der Waals surface area contributed by atoms with Gasteiger partial charge in [-0.05, 0) is 61.0 Å². The zero-order valence-electron chi connectivity index (χ0n) is 18.4. The van der Waals surface area contributed by atoms with E-state index >= 15 is 0 Å². The molecule has 1 saturated heterocycles. The molecule has 1 fully saturated rings. The number of likely N-dealkylation sites (tertiary alicyclic amines) is 1. The second-order valence-corrected chi connectivity index (χ2v) is 9.18. The van der Waals surface area contributed by atoms with Crippen LogP contribution < -0.4 is 4.74 Å². The predicted molar refractivity (Wildman–Crippen MR) is 124 cm³/mol. The molecule has 0 unspecified atom stereocenters. The summed E-state index contributed by atoms with van der Waals surface area (Å²) in [6.07, 6.45) is -3.72. The SMILES string of the molecule is C[C@@H](Oc1ccc(C(F)(F)F)cc1)[C@@H]1CN(C(=O)c2ccc(F)nc2)C[C@H]1c1ccc(Cl)c(Cl)c1. The van der Waals surface area contributed by atoms with Gasteiger partial charge in [0.25, 0.3) is 5.91 Å². The average molecular weight is 527 g/mol. The number of alkyl halides is 3. The lowest BCUT2D eigenvalue weighted by Gasteiger charge is -2.26. The van der Waals surface area contributed by atoms with Crippen molar-refractivity contribution in [2.24, 2.45) is 5.92 Å². The van der Waals surface area contributed by atoms with E-state index in [2.05, 4.69) is 4.98 Å². The van der Waals surface area contributed by atoms with E-state index < -0.39 is 23.8 Å². The van der Waals surface area contributed by atoms with Crippen LogP contribution in [0.2, 0.25) is 10.0 Å². The molecule has 0 bridgehead atoms. The number of hydrogen-bond donors (Lipinski definition) is 0. The van der Waals surface area contributed by atoms with Gasteiger partial charge in [-0.1, -0.05) is 29.3 Å². The zero-order chi connectivity index (χ0) is 25.3. The fourth-order valence-corrected chi connectivity index (χ4v) is 4.58. The standard InChI is InChI=1S/C25H20Cl2F4N2O2/c1-14(35-18-6-4-17(5-7-18)25(29,30)31)19-12-33(24(34)16-3-9-23(28)32-11-16)13-20(19)15-2-8-21(26)22(27)10-15/h2-11,14,19-20H,12-13H2,1H3/t14-,19+,20+/m1/s1. The molecule has 1 aliphatic rings. The quantitative estimate of drug-likeness (QED) is 0.269. The van der Waals surface area contributed by atoms with Gasteiger partial charge in [0.05, 0.1) is 21.2 Å². The third-order valence-corrected chi connectivity index (χ3v) is 6.84. The van der Waals surface area contributed by atoms with Gasteiger partial charge in [-0.3, -0.25) is 4.79 Å². The third kappa shape index (κ3) is 5.70. The highest BCUT2D eigenvalue weighted by molar-refractivity contribution is 6.42. The number of amides is 1. The van der Waals surface area contributed by atoms with Crippen molar-refractivity contribution < 1.29 is 27.1 Å². The van der Waals surface area contributed by atoms with Crippen LogP contribution in [0.4, 0.5) is 17.6 Å². The molecule has 3 aromatic rings. The smallest absolute Gasteiger partial charge is 0.416 e. The second-order valence-electron chi connectivity index (χ2n) is 8.37. The Labute approximate surface area is 209 Å². The van der Waals surface area contributed by atoms with Gasteiger partial charge in [-0.15, -0.1) is 0 Å². The molecule has 4 rings (SSSR count). The van der Waals surface area contributed by atoms with Crippen LogP contribution in [0.5, 0.6) is 5.75 Å². The van der Waals surface area contributed by atoms with Gasteiger partial charge >= 0.3 is 6.18 Å². The molecule has 0 saturated carbocycles. The van der Waals surface area contributed by atoms with Crippen LogP contribution in [0, 0.1) is 11.9 Å². The summed E-state index contributed by atoms with van der Waals surface area (Å²) in [6.45, 7) is 2.45. The van der Waals surface area contributed by atoms with Crippen molar-refractivity contribution in [2.75, 3.05) is 13.1 Å². The van der Waals surface area contributed by atoms with Gasteiger partial charge in [-0.25, -0.2) is 4.98 Å². The molecule has 184 valence electrons. The summed E-state index contributed by atoms with van der Waals surface area (Å²) < 4.78 is 57.9. The van der Waals surface area contributed by atoms with E-state index in [1.807, 2.05) is 6.07 Å². The second kappa shape index (κ2) is 10.0. The summed E-state index contributed by atoms with van der Waals surface area (Å²) in [7, 11) is 0.